The molecular formula is C62H42N4S. The number of rotatable bonds is 5. The minimum atomic E-state index is 0.684. The van der Waals surface area contributed by atoms with Gasteiger partial charge in [0.2, 0.25) is 0 Å². The molecule has 0 fully saturated rings. The van der Waals surface area contributed by atoms with Crippen molar-refractivity contribution in [1.82, 2.24) is 18.9 Å². The lowest BCUT2D eigenvalue weighted by atomic mass is 10.0. The van der Waals surface area contributed by atoms with E-state index in [0.717, 1.165) is 39.3 Å². The van der Waals surface area contributed by atoms with E-state index >= 15 is 0 Å². The summed E-state index contributed by atoms with van der Waals surface area (Å²) in [5.41, 5.74) is 14.2. The Kier molecular flexibility index (Phi) is 9.12. The third kappa shape index (κ3) is 6.12. The molecule has 0 aliphatic heterocycles. The first kappa shape index (κ1) is 39.0. The SMILES string of the molecule is CC.c1ccc(-c2cc(-c3ccccc3)nc(-c3cccc(-n4c5ccc(-c6cccc7c6sc6ccccc67)cc5c5ccc6c(cc7c8ccccc8c8ccccc8n76)c54)c3)n2)cc1. The Morgan fingerprint density at radius 2 is 0.955 bits per heavy atom. The fourth-order valence-corrected chi connectivity index (χ4v) is 11.6. The van der Waals surface area contributed by atoms with Gasteiger partial charge in [0.05, 0.1) is 39.0 Å². The summed E-state index contributed by atoms with van der Waals surface area (Å²) in [5, 5.41) is 9.98. The smallest absolute Gasteiger partial charge is 0.160 e. The number of aromatic nitrogens is 4. The van der Waals surface area contributed by atoms with E-state index in [2.05, 4.69) is 215 Å². The van der Waals surface area contributed by atoms with Gasteiger partial charge in [-0.1, -0.05) is 178 Å². The summed E-state index contributed by atoms with van der Waals surface area (Å²) in [6.07, 6.45) is 0. The van der Waals surface area contributed by atoms with Crippen LogP contribution in [0.25, 0.3) is 131 Å². The molecular weight excluding hydrogens is 833 g/mol. The van der Waals surface area contributed by atoms with Crippen LogP contribution in [0.1, 0.15) is 13.8 Å². The van der Waals surface area contributed by atoms with Crippen molar-refractivity contribution >= 4 is 91.4 Å². The standard InChI is InChI=1S/C60H36N4S.C2H6/c1-3-15-37(16-4-1)51-36-52(38-17-5-2-6-18-38)62-60(61-51)40-19-13-20-41(33-40)63-54-31-29-39(42-25-14-26-48-46-24-10-12-28-57(46)65-59(42)48)34-49(54)47-30-32-55-50(58(47)63)35-56-45-23-8-7-21-43(45)44-22-9-11-27-53(44)64(55)56;1-2/h1-36H;1-2H3. The third-order valence-electron chi connectivity index (χ3n) is 13.3. The highest BCUT2D eigenvalue weighted by atomic mass is 32.1. The van der Waals surface area contributed by atoms with E-state index in [4.69, 9.17) is 9.97 Å². The van der Waals surface area contributed by atoms with Gasteiger partial charge in [0.1, 0.15) is 0 Å². The molecule has 0 atom stereocenters. The van der Waals surface area contributed by atoms with Crippen molar-refractivity contribution in [2.24, 2.45) is 0 Å². The van der Waals surface area contributed by atoms with Crippen LogP contribution in [0.2, 0.25) is 0 Å². The summed E-state index contributed by atoms with van der Waals surface area (Å²) >= 11 is 1.88. The molecule has 5 heteroatoms. The van der Waals surface area contributed by atoms with Crippen molar-refractivity contribution in [2.45, 2.75) is 13.8 Å². The predicted molar refractivity (Wildman–Crippen MR) is 286 cm³/mol. The number of para-hydroxylation sites is 1. The predicted octanol–water partition coefficient (Wildman–Crippen LogP) is 17.3. The zero-order valence-electron chi connectivity index (χ0n) is 37.0. The van der Waals surface area contributed by atoms with E-state index in [9.17, 15) is 0 Å². The van der Waals surface area contributed by atoms with Crippen LogP contribution in [-0.2, 0) is 0 Å². The van der Waals surface area contributed by atoms with Gasteiger partial charge in [-0.2, -0.15) is 0 Å². The second kappa shape index (κ2) is 15.7. The summed E-state index contributed by atoms with van der Waals surface area (Å²) in [7, 11) is 0. The van der Waals surface area contributed by atoms with Crippen molar-refractivity contribution in [3.8, 4) is 50.7 Å². The topological polar surface area (TPSA) is 35.1 Å². The Hall–Kier alpha value is -8.38. The molecule has 4 nitrogen and oxygen atoms in total. The van der Waals surface area contributed by atoms with Gasteiger partial charge in [-0.25, -0.2) is 9.97 Å². The Morgan fingerprint density at radius 3 is 1.72 bits per heavy atom. The first-order valence-corrected chi connectivity index (χ1v) is 23.9. The second-order valence-electron chi connectivity index (χ2n) is 16.9. The molecule has 9 aromatic carbocycles. The molecule has 0 saturated heterocycles. The molecule has 0 amide bonds. The van der Waals surface area contributed by atoms with Crippen LogP contribution in [0.15, 0.2) is 218 Å². The van der Waals surface area contributed by atoms with Crippen molar-refractivity contribution < 1.29 is 0 Å². The lowest BCUT2D eigenvalue weighted by Gasteiger charge is -2.13. The van der Waals surface area contributed by atoms with Gasteiger partial charge in [-0.05, 0) is 71.1 Å². The average molecular weight is 875 g/mol. The van der Waals surface area contributed by atoms with Gasteiger partial charge in [-0.3, -0.25) is 0 Å². The molecule has 0 aliphatic carbocycles. The number of fused-ring (bicyclic) bond motifs is 15. The van der Waals surface area contributed by atoms with Gasteiger partial charge in [0.15, 0.2) is 5.82 Å². The fourth-order valence-electron chi connectivity index (χ4n) is 10.4. The summed E-state index contributed by atoms with van der Waals surface area (Å²) < 4.78 is 7.57. The van der Waals surface area contributed by atoms with Gasteiger partial charge in [-0.15, -0.1) is 11.3 Å². The minimum Gasteiger partial charge on any atom is -0.309 e. The molecule has 0 bridgehead atoms. The lowest BCUT2D eigenvalue weighted by molar-refractivity contribution is 1.16. The van der Waals surface area contributed by atoms with Crippen LogP contribution in [-0.4, -0.2) is 18.9 Å². The lowest BCUT2D eigenvalue weighted by Crippen LogP contribution is -1.98. The molecule has 14 rings (SSSR count). The molecule has 5 aromatic heterocycles. The highest BCUT2D eigenvalue weighted by molar-refractivity contribution is 7.26. The Morgan fingerprint density at radius 1 is 0.358 bits per heavy atom. The van der Waals surface area contributed by atoms with E-state index in [-0.39, 0.29) is 0 Å². The van der Waals surface area contributed by atoms with Gasteiger partial charge < -0.3 is 8.97 Å². The normalized spacial score (nSPS) is 11.7. The number of thiophene rings is 1. The van der Waals surface area contributed by atoms with Crippen molar-refractivity contribution in [1.29, 1.82) is 0 Å². The van der Waals surface area contributed by atoms with E-state index in [0.29, 0.717) is 5.82 Å². The monoisotopic (exact) mass is 874 g/mol. The zero-order chi connectivity index (χ0) is 44.6. The fraction of sp³-hybridized carbons (Fsp3) is 0.0323. The highest BCUT2D eigenvalue weighted by Crippen LogP contribution is 2.45. The van der Waals surface area contributed by atoms with Crippen LogP contribution in [0.4, 0.5) is 0 Å². The largest absolute Gasteiger partial charge is 0.309 e. The van der Waals surface area contributed by atoms with Crippen molar-refractivity contribution in [3.63, 3.8) is 0 Å². The van der Waals surface area contributed by atoms with E-state index in [1.165, 1.54) is 85.7 Å². The quantitative estimate of drug-likeness (QED) is 0.162. The third-order valence-corrected chi connectivity index (χ3v) is 14.5. The van der Waals surface area contributed by atoms with Crippen LogP contribution in [0.5, 0.6) is 0 Å². The second-order valence-corrected chi connectivity index (χ2v) is 18.0. The maximum atomic E-state index is 5.25. The zero-order valence-corrected chi connectivity index (χ0v) is 37.8. The number of hydrogen-bond donors (Lipinski definition) is 0. The highest BCUT2D eigenvalue weighted by Gasteiger charge is 2.22. The Labute approximate surface area is 391 Å². The number of pyridine rings is 1. The van der Waals surface area contributed by atoms with Crippen LogP contribution >= 0.6 is 11.3 Å². The average Bonchev–Trinajstić information content (AvgIpc) is 4.10. The number of hydrogen-bond acceptors (Lipinski definition) is 3. The summed E-state index contributed by atoms with van der Waals surface area (Å²) in [5.74, 6) is 0.684. The first-order valence-electron chi connectivity index (χ1n) is 23.1. The summed E-state index contributed by atoms with van der Waals surface area (Å²) in [6.45, 7) is 4.00. The van der Waals surface area contributed by atoms with Crippen LogP contribution < -0.4 is 0 Å². The van der Waals surface area contributed by atoms with E-state index < -0.39 is 0 Å². The van der Waals surface area contributed by atoms with Crippen molar-refractivity contribution in [2.75, 3.05) is 0 Å². The molecule has 0 radical (unpaired) electrons. The number of nitrogens with zero attached hydrogens (tertiary/aromatic N) is 4. The molecule has 0 spiro atoms. The summed E-state index contributed by atoms with van der Waals surface area (Å²) in [4.78, 5) is 10.5. The molecule has 14 aromatic rings. The molecule has 0 N–H and O–H groups in total. The summed E-state index contributed by atoms with van der Waals surface area (Å²) in [6, 6.07) is 79.0. The molecule has 0 saturated carbocycles. The van der Waals surface area contributed by atoms with Crippen LogP contribution in [0.3, 0.4) is 0 Å². The Balaban J connectivity index is 0.00000220. The van der Waals surface area contributed by atoms with Crippen LogP contribution in [0, 0.1) is 0 Å². The first-order chi connectivity index (χ1) is 33.2. The Bertz CT molecular complexity index is 4180. The molecule has 0 unspecified atom stereocenters. The van der Waals surface area contributed by atoms with Gasteiger partial charge in [0, 0.05) is 69.5 Å². The van der Waals surface area contributed by atoms with Gasteiger partial charge in [0.25, 0.3) is 0 Å². The molecule has 5 heterocycles. The van der Waals surface area contributed by atoms with Gasteiger partial charge >= 0.3 is 0 Å². The van der Waals surface area contributed by atoms with E-state index in [1.807, 2.05) is 37.3 Å². The number of benzene rings is 9. The van der Waals surface area contributed by atoms with E-state index in [1.54, 1.807) is 0 Å². The maximum absolute atomic E-state index is 5.25. The molecule has 0 aliphatic rings. The molecule has 316 valence electrons. The molecule has 67 heavy (non-hydrogen) atoms. The maximum Gasteiger partial charge on any atom is 0.160 e. The minimum absolute atomic E-state index is 0.684. The van der Waals surface area contributed by atoms with Crippen molar-refractivity contribution in [3.05, 3.63) is 218 Å².